The van der Waals surface area contributed by atoms with Crippen molar-refractivity contribution >= 4 is 17.7 Å². The molecule has 1 amide bonds. The molecule has 0 fully saturated rings. The lowest BCUT2D eigenvalue weighted by Gasteiger charge is -2.17. The van der Waals surface area contributed by atoms with Crippen molar-refractivity contribution in [2.75, 3.05) is 12.3 Å². The molecular formula is C22H29NO2S. The highest BCUT2D eigenvalue weighted by Crippen LogP contribution is 2.16. The predicted octanol–water partition coefficient (Wildman–Crippen LogP) is 4.76. The van der Waals surface area contributed by atoms with Crippen molar-refractivity contribution in [3.8, 4) is 5.75 Å². The second-order valence-corrected chi connectivity index (χ2v) is 7.39. The summed E-state index contributed by atoms with van der Waals surface area (Å²) in [6, 6.07) is 16.4. The van der Waals surface area contributed by atoms with E-state index in [4.69, 9.17) is 4.74 Å². The van der Waals surface area contributed by atoms with Crippen LogP contribution in [0.1, 0.15) is 37.0 Å². The van der Waals surface area contributed by atoms with Gasteiger partial charge in [0.15, 0.2) is 6.10 Å². The normalized spacial score (nSPS) is 11.8. The molecule has 0 aliphatic carbocycles. The van der Waals surface area contributed by atoms with E-state index in [2.05, 4.69) is 43.4 Å². The van der Waals surface area contributed by atoms with Crippen LogP contribution in [-0.4, -0.2) is 24.3 Å². The van der Waals surface area contributed by atoms with Gasteiger partial charge >= 0.3 is 0 Å². The van der Waals surface area contributed by atoms with E-state index in [1.54, 1.807) is 0 Å². The Balaban J connectivity index is 1.71. The maximum absolute atomic E-state index is 12.3. The number of benzene rings is 2. The molecule has 26 heavy (non-hydrogen) atoms. The summed E-state index contributed by atoms with van der Waals surface area (Å²) < 4.78 is 5.85. The van der Waals surface area contributed by atoms with Gasteiger partial charge in [0.25, 0.3) is 5.91 Å². The molecule has 140 valence electrons. The number of carbonyl (C=O) groups excluding carboxylic acids is 1. The van der Waals surface area contributed by atoms with Crippen LogP contribution in [-0.2, 0) is 17.0 Å². The van der Waals surface area contributed by atoms with Gasteiger partial charge in [0.05, 0.1) is 0 Å². The first kappa shape index (κ1) is 20.4. The molecule has 0 radical (unpaired) electrons. The van der Waals surface area contributed by atoms with E-state index in [-0.39, 0.29) is 5.91 Å². The molecule has 2 aromatic rings. The first-order valence-electron chi connectivity index (χ1n) is 9.29. The largest absolute Gasteiger partial charge is 0.481 e. The molecule has 0 aliphatic heterocycles. The Morgan fingerprint density at radius 3 is 2.50 bits per heavy atom. The Bertz CT molecular complexity index is 685. The van der Waals surface area contributed by atoms with Crippen LogP contribution >= 0.6 is 11.8 Å². The highest BCUT2D eigenvalue weighted by Gasteiger charge is 2.17. The third-order valence-corrected chi connectivity index (χ3v) is 5.35. The Morgan fingerprint density at radius 2 is 1.85 bits per heavy atom. The van der Waals surface area contributed by atoms with E-state index in [0.717, 1.165) is 23.7 Å². The third-order valence-electron chi connectivity index (χ3n) is 4.34. The molecule has 0 aliphatic rings. The zero-order valence-electron chi connectivity index (χ0n) is 16.0. The number of thioether (sulfide) groups is 1. The fourth-order valence-corrected chi connectivity index (χ4v) is 3.54. The molecule has 4 heteroatoms. The summed E-state index contributed by atoms with van der Waals surface area (Å²) in [7, 11) is 0. The summed E-state index contributed by atoms with van der Waals surface area (Å²) in [5, 5.41) is 2.99. The zero-order valence-corrected chi connectivity index (χ0v) is 16.8. The van der Waals surface area contributed by atoms with Crippen LogP contribution in [0, 0.1) is 6.92 Å². The lowest BCUT2D eigenvalue weighted by Crippen LogP contribution is -2.39. The van der Waals surface area contributed by atoms with Gasteiger partial charge in [-0.05, 0) is 48.6 Å². The Morgan fingerprint density at radius 1 is 1.12 bits per heavy atom. The average Bonchev–Trinajstić information content (AvgIpc) is 2.67. The van der Waals surface area contributed by atoms with Crippen molar-refractivity contribution in [2.45, 2.75) is 45.5 Å². The number of ether oxygens (including phenoxy) is 1. The molecule has 1 unspecified atom stereocenters. The minimum atomic E-state index is -0.441. The highest BCUT2D eigenvalue weighted by atomic mass is 32.2. The van der Waals surface area contributed by atoms with Gasteiger partial charge in [-0.2, -0.15) is 11.8 Å². The van der Waals surface area contributed by atoms with E-state index < -0.39 is 6.10 Å². The van der Waals surface area contributed by atoms with Gasteiger partial charge in [0.2, 0.25) is 0 Å². The quantitative estimate of drug-likeness (QED) is 0.612. The topological polar surface area (TPSA) is 38.3 Å². The molecule has 0 spiro atoms. The molecule has 0 heterocycles. The van der Waals surface area contributed by atoms with Gasteiger partial charge in [-0.25, -0.2) is 0 Å². The molecule has 0 saturated heterocycles. The Hall–Kier alpha value is -1.94. The summed E-state index contributed by atoms with van der Waals surface area (Å²) in [4.78, 5) is 12.3. The summed E-state index contributed by atoms with van der Waals surface area (Å²) in [6.45, 7) is 6.88. The van der Waals surface area contributed by atoms with Crippen molar-refractivity contribution in [3.63, 3.8) is 0 Å². The van der Waals surface area contributed by atoms with Crippen molar-refractivity contribution in [1.82, 2.24) is 5.32 Å². The Labute approximate surface area is 161 Å². The second-order valence-electron chi connectivity index (χ2n) is 6.28. The van der Waals surface area contributed by atoms with Crippen LogP contribution in [0.15, 0.2) is 48.5 Å². The van der Waals surface area contributed by atoms with E-state index in [9.17, 15) is 4.79 Å². The molecule has 2 rings (SSSR count). The van der Waals surface area contributed by atoms with Crippen molar-refractivity contribution in [3.05, 3.63) is 65.2 Å². The van der Waals surface area contributed by atoms with Crippen LogP contribution < -0.4 is 10.1 Å². The molecule has 1 atom stereocenters. The number of carbonyl (C=O) groups is 1. The van der Waals surface area contributed by atoms with Crippen LogP contribution in [0.5, 0.6) is 5.75 Å². The number of hydrogen-bond acceptors (Lipinski definition) is 3. The molecule has 3 nitrogen and oxygen atoms in total. The maximum atomic E-state index is 12.3. The monoisotopic (exact) mass is 371 g/mol. The molecule has 0 bridgehead atoms. The van der Waals surface area contributed by atoms with E-state index in [1.807, 2.05) is 43.0 Å². The van der Waals surface area contributed by atoms with Gasteiger partial charge in [0.1, 0.15) is 5.75 Å². The molecule has 1 N–H and O–H groups in total. The maximum Gasteiger partial charge on any atom is 0.261 e. The van der Waals surface area contributed by atoms with Gasteiger partial charge in [-0.1, -0.05) is 50.2 Å². The van der Waals surface area contributed by atoms with Crippen molar-refractivity contribution < 1.29 is 9.53 Å². The Kier molecular flexibility index (Phi) is 8.56. The zero-order chi connectivity index (χ0) is 18.8. The third kappa shape index (κ3) is 6.41. The SMILES string of the molecule is CCc1ccc(OC(CC)C(=O)NCCSCc2ccccc2C)cc1. The number of rotatable bonds is 10. The van der Waals surface area contributed by atoms with E-state index >= 15 is 0 Å². The lowest BCUT2D eigenvalue weighted by atomic mass is 10.1. The van der Waals surface area contributed by atoms with E-state index in [0.29, 0.717) is 13.0 Å². The summed E-state index contributed by atoms with van der Waals surface area (Å²) >= 11 is 1.83. The fraction of sp³-hybridized carbons (Fsp3) is 0.409. The predicted molar refractivity (Wildman–Crippen MR) is 111 cm³/mol. The molecule has 0 saturated carbocycles. The second kappa shape index (κ2) is 10.9. The molecular weight excluding hydrogens is 342 g/mol. The van der Waals surface area contributed by atoms with Crippen molar-refractivity contribution in [1.29, 1.82) is 0 Å². The summed E-state index contributed by atoms with van der Waals surface area (Å²) in [5.74, 6) is 2.57. The standard InChI is InChI=1S/C22H29NO2S/c1-4-18-10-12-20(13-11-18)25-21(5-2)22(24)23-14-15-26-16-19-9-7-6-8-17(19)3/h6-13,21H,4-5,14-16H2,1-3H3,(H,23,24). The minimum Gasteiger partial charge on any atom is -0.481 e. The van der Waals surface area contributed by atoms with Crippen LogP contribution in [0.4, 0.5) is 0 Å². The summed E-state index contributed by atoms with van der Waals surface area (Å²) in [5.41, 5.74) is 3.94. The molecule has 0 aromatic heterocycles. The minimum absolute atomic E-state index is 0.0384. The lowest BCUT2D eigenvalue weighted by molar-refractivity contribution is -0.127. The highest BCUT2D eigenvalue weighted by molar-refractivity contribution is 7.98. The van der Waals surface area contributed by atoms with Crippen molar-refractivity contribution in [2.24, 2.45) is 0 Å². The first-order valence-corrected chi connectivity index (χ1v) is 10.4. The fourth-order valence-electron chi connectivity index (χ4n) is 2.60. The van der Waals surface area contributed by atoms with Crippen LogP contribution in [0.25, 0.3) is 0 Å². The van der Waals surface area contributed by atoms with E-state index in [1.165, 1.54) is 16.7 Å². The van der Waals surface area contributed by atoms with Gasteiger partial charge in [0, 0.05) is 18.1 Å². The first-order chi connectivity index (χ1) is 12.6. The molecule has 2 aromatic carbocycles. The summed E-state index contributed by atoms with van der Waals surface area (Å²) in [6.07, 6.45) is 1.21. The van der Waals surface area contributed by atoms with Gasteiger partial charge in [-0.15, -0.1) is 0 Å². The smallest absolute Gasteiger partial charge is 0.261 e. The number of nitrogens with one attached hydrogen (secondary N) is 1. The van der Waals surface area contributed by atoms with Crippen LogP contribution in [0.3, 0.4) is 0 Å². The number of aryl methyl sites for hydroxylation is 2. The van der Waals surface area contributed by atoms with Gasteiger partial charge in [-0.3, -0.25) is 4.79 Å². The average molecular weight is 372 g/mol. The number of amides is 1. The van der Waals surface area contributed by atoms with Crippen LogP contribution in [0.2, 0.25) is 0 Å². The van der Waals surface area contributed by atoms with Gasteiger partial charge < -0.3 is 10.1 Å². The number of hydrogen-bond donors (Lipinski definition) is 1.